The molecule has 8 aromatic carbocycles. The maximum Gasteiger partial charge on any atom is 2.00 e. The maximum atomic E-state index is 6.87. The number of imidazole rings is 2. The van der Waals surface area contributed by atoms with Crippen molar-refractivity contribution in [3.8, 4) is 67.9 Å². The van der Waals surface area contributed by atoms with Gasteiger partial charge in [-0.2, -0.15) is 0 Å². The van der Waals surface area contributed by atoms with Crippen molar-refractivity contribution in [1.29, 1.82) is 0 Å². The molecule has 0 aliphatic heterocycles. The molecule has 2 heterocycles. The molecule has 0 amide bonds. The van der Waals surface area contributed by atoms with Gasteiger partial charge in [0.05, 0.1) is 33.7 Å². The summed E-state index contributed by atoms with van der Waals surface area (Å²) in [6, 6.07) is 60.9. The Morgan fingerprint density at radius 3 is 0.929 bits per heavy atom. The SMILES string of the molecule is CC(C)c1cc(-c2cc(C(C)(C)C)cc(C(C)(C)C)c2)cc(C(C)C)c1-n1c(-c2[c-]c(Oc3[c-]c(-c4nc5ccccc5n4-c4c(C(C)C)cc(-c5cc(C(C)(C)C)cc(C(C)(C)C)c5)cc4C(C)C)ccc3)ccc2)nc2ccccc21.[Pt+2]. The summed E-state index contributed by atoms with van der Waals surface area (Å²) in [5.74, 6) is 3.63. The molecule has 6 heteroatoms. The predicted octanol–water partition coefficient (Wildman–Crippen LogP) is 22.1. The van der Waals surface area contributed by atoms with Gasteiger partial charge in [-0.3, -0.25) is 9.97 Å². The van der Waals surface area contributed by atoms with Crippen molar-refractivity contribution in [3.63, 3.8) is 0 Å². The first-order valence-corrected chi connectivity index (χ1v) is 30.3. The largest absolute Gasteiger partial charge is 2.00 e. The molecule has 10 aromatic rings. The summed E-state index contributed by atoms with van der Waals surface area (Å²) in [7, 11) is 0. The van der Waals surface area contributed by atoms with Crippen LogP contribution in [0.3, 0.4) is 0 Å². The minimum atomic E-state index is -0.00227. The van der Waals surface area contributed by atoms with Gasteiger partial charge in [-0.15, -0.1) is 47.5 Å². The second kappa shape index (κ2) is 23.2. The Balaban J connectivity index is 0.00000846. The Morgan fingerprint density at radius 2 is 0.643 bits per heavy atom. The molecule has 5 nitrogen and oxygen atoms in total. The standard InChI is InChI=1S/C78H88N4O.Pt/c1-47(2)63-41-55(53-35-57(75(9,10)11)45-58(36-53)76(12,13)14)42-64(48(3)4)71(63)81-69-33-23-21-31-67(69)79-73(81)51-27-25-29-61(39-51)83-62-30-26-28-52(40-62)74-80-68-32-22-24-34-70(68)82(74)72-65(49(5)6)43-56(44-66(72)50(7)8)54-37-59(77(15,16)17)46-60(38-54)78(18,19)20;/h21-38,41-50H,1-20H3;/q-2;+2. The van der Waals surface area contributed by atoms with Gasteiger partial charge in [-0.05, 0) is 161 Å². The van der Waals surface area contributed by atoms with Crippen LogP contribution in [0.5, 0.6) is 11.5 Å². The predicted molar refractivity (Wildman–Crippen MR) is 353 cm³/mol. The topological polar surface area (TPSA) is 44.9 Å². The molecule has 0 fully saturated rings. The van der Waals surface area contributed by atoms with Crippen LogP contribution in [0.15, 0.2) is 146 Å². The molecule has 0 bridgehead atoms. The third-order valence-corrected chi connectivity index (χ3v) is 16.6. The van der Waals surface area contributed by atoms with Gasteiger partial charge in [0.2, 0.25) is 0 Å². The zero-order chi connectivity index (χ0) is 59.8. The number of ether oxygens (including phenoxy) is 1. The van der Waals surface area contributed by atoms with Crippen LogP contribution in [0.2, 0.25) is 0 Å². The van der Waals surface area contributed by atoms with Crippen LogP contribution in [0.1, 0.15) is 207 Å². The van der Waals surface area contributed by atoms with Crippen molar-refractivity contribution >= 4 is 22.1 Å². The second-order valence-corrected chi connectivity index (χ2v) is 28.7. The second-order valence-electron chi connectivity index (χ2n) is 28.7. The van der Waals surface area contributed by atoms with Crippen LogP contribution >= 0.6 is 0 Å². The molecule has 0 radical (unpaired) electrons. The summed E-state index contributed by atoms with van der Waals surface area (Å²) in [5, 5.41) is 0. The molecule has 10 rings (SSSR count). The van der Waals surface area contributed by atoms with E-state index >= 15 is 0 Å². The molecule has 0 unspecified atom stereocenters. The molecular weight excluding hydrogens is 1200 g/mol. The minimum Gasteiger partial charge on any atom is -0.497 e. The monoisotopic (exact) mass is 1290 g/mol. The quantitative estimate of drug-likeness (QED) is 0.115. The van der Waals surface area contributed by atoms with E-state index in [0.717, 1.165) is 44.8 Å². The minimum absolute atomic E-state index is 0. The van der Waals surface area contributed by atoms with Crippen LogP contribution in [-0.2, 0) is 42.7 Å². The van der Waals surface area contributed by atoms with Crippen molar-refractivity contribution in [2.75, 3.05) is 0 Å². The number of rotatable bonds is 12. The normalized spacial score (nSPS) is 12.6. The van der Waals surface area contributed by atoms with Crippen molar-refractivity contribution in [2.24, 2.45) is 0 Å². The summed E-state index contributed by atoms with van der Waals surface area (Å²) in [4.78, 5) is 10.8. The van der Waals surface area contributed by atoms with Gasteiger partial charge in [-0.25, -0.2) is 0 Å². The number of benzene rings is 8. The fraction of sp³-hybridized carbons (Fsp3) is 0.359. The number of hydrogen-bond donors (Lipinski definition) is 0. The Kier molecular flexibility index (Phi) is 17.1. The first-order valence-electron chi connectivity index (χ1n) is 30.3. The molecule has 0 spiro atoms. The van der Waals surface area contributed by atoms with Gasteiger partial charge in [0, 0.05) is 22.9 Å². The summed E-state index contributed by atoms with van der Waals surface area (Å²) >= 11 is 0. The number of hydrogen-bond acceptors (Lipinski definition) is 3. The van der Waals surface area contributed by atoms with Gasteiger partial charge in [0.1, 0.15) is 0 Å². The van der Waals surface area contributed by atoms with Gasteiger partial charge in [0.15, 0.2) is 0 Å². The molecule has 436 valence electrons. The van der Waals surface area contributed by atoms with Gasteiger partial charge >= 0.3 is 21.1 Å². The van der Waals surface area contributed by atoms with Crippen molar-refractivity contribution in [3.05, 3.63) is 202 Å². The number of nitrogens with zero attached hydrogens (tertiary/aromatic N) is 4. The Hall–Kier alpha value is -6.81. The third-order valence-electron chi connectivity index (χ3n) is 16.6. The van der Waals surface area contributed by atoms with Crippen molar-refractivity contribution in [2.45, 2.75) is 184 Å². The number of aromatic nitrogens is 4. The summed E-state index contributed by atoms with van der Waals surface area (Å²) < 4.78 is 11.6. The maximum absolute atomic E-state index is 6.87. The van der Waals surface area contributed by atoms with E-state index in [0.29, 0.717) is 11.5 Å². The molecular formula is C78H88N4OPt. The number of para-hydroxylation sites is 4. The van der Waals surface area contributed by atoms with E-state index in [1.165, 1.54) is 78.1 Å². The third kappa shape index (κ3) is 12.3. The Morgan fingerprint density at radius 1 is 0.357 bits per heavy atom. The van der Waals surface area contributed by atoms with E-state index in [-0.39, 0.29) is 66.4 Å². The summed E-state index contributed by atoms with van der Waals surface area (Å²) in [6.07, 6.45) is 0. The average Bonchev–Trinajstić information content (AvgIpc) is 2.98. The molecule has 0 N–H and O–H groups in total. The molecule has 0 saturated heterocycles. The summed E-state index contributed by atoms with van der Waals surface area (Å²) in [6.45, 7) is 46.3. The van der Waals surface area contributed by atoms with Crippen LogP contribution in [0, 0.1) is 12.1 Å². The zero-order valence-corrected chi connectivity index (χ0v) is 56.0. The summed E-state index contributed by atoms with van der Waals surface area (Å²) in [5.41, 5.74) is 23.4. The van der Waals surface area contributed by atoms with Gasteiger partial charge in [-0.1, -0.05) is 211 Å². The molecule has 0 atom stereocenters. The Labute approximate surface area is 517 Å². The van der Waals surface area contributed by atoms with Crippen LogP contribution < -0.4 is 4.74 Å². The van der Waals surface area contributed by atoms with E-state index in [2.05, 4.69) is 281 Å². The molecule has 84 heavy (non-hydrogen) atoms. The van der Waals surface area contributed by atoms with E-state index in [4.69, 9.17) is 14.7 Å². The van der Waals surface area contributed by atoms with Crippen molar-refractivity contribution in [1.82, 2.24) is 19.1 Å². The van der Waals surface area contributed by atoms with Crippen LogP contribution in [-0.4, -0.2) is 19.1 Å². The molecule has 0 aliphatic rings. The van der Waals surface area contributed by atoms with E-state index in [1.54, 1.807) is 0 Å². The van der Waals surface area contributed by atoms with E-state index in [1.807, 2.05) is 24.3 Å². The average molecular weight is 1290 g/mol. The van der Waals surface area contributed by atoms with Gasteiger partial charge in [0.25, 0.3) is 0 Å². The van der Waals surface area contributed by atoms with E-state index < -0.39 is 0 Å². The fourth-order valence-corrected chi connectivity index (χ4v) is 11.6. The first kappa shape index (κ1) is 61.7. The zero-order valence-electron chi connectivity index (χ0n) is 53.7. The van der Waals surface area contributed by atoms with Crippen LogP contribution in [0.25, 0.3) is 78.5 Å². The van der Waals surface area contributed by atoms with Gasteiger partial charge < -0.3 is 13.9 Å². The first-order chi connectivity index (χ1) is 39.0. The van der Waals surface area contributed by atoms with Crippen LogP contribution in [0.4, 0.5) is 0 Å². The number of fused-ring (bicyclic) bond motifs is 2. The van der Waals surface area contributed by atoms with E-state index in [9.17, 15) is 0 Å². The van der Waals surface area contributed by atoms with Crippen molar-refractivity contribution < 1.29 is 25.8 Å². The smallest absolute Gasteiger partial charge is 0.497 e. The molecule has 2 aromatic heterocycles. The fourth-order valence-electron chi connectivity index (χ4n) is 11.6. The molecule has 0 saturated carbocycles. The molecule has 0 aliphatic carbocycles. The Bertz CT molecular complexity index is 3670.